The van der Waals surface area contributed by atoms with Gasteiger partial charge in [-0.25, -0.2) is 13.2 Å². The summed E-state index contributed by atoms with van der Waals surface area (Å²) in [7, 11) is -3.91. The standard InChI is InChI=1S/C28H41N3O6S/c1-5-28(15-6-16-37-28)19-36-27(33)30-21(4)7-8-22-9-14-25(26(32)17-22)31(18-20(2)3)38(34,35)24-12-10-23(29)11-13-24/h9-14,17,20-21,32H,5-8,15-16,18-19,29H2,1-4H3,(H,30,33)/t21?,28-/m0/s1. The van der Waals surface area contributed by atoms with Gasteiger partial charge in [0.15, 0.2) is 0 Å². The number of ether oxygens (including phenoxy) is 2. The number of hydrogen-bond acceptors (Lipinski definition) is 7. The summed E-state index contributed by atoms with van der Waals surface area (Å²) in [4.78, 5) is 12.4. The molecular weight excluding hydrogens is 506 g/mol. The van der Waals surface area contributed by atoms with E-state index in [1.807, 2.05) is 27.7 Å². The number of carbonyl (C=O) groups is 1. The maximum atomic E-state index is 13.4. The van der Waals surface area contributed by atoms with E-state index < -0.39 is 16.1 Å². The summed E-state index contributed by atoms with van der Waals surface area (Å²) in [6.45, 7) is 8.89. The van der Waals surface area contributed by atoms with Crippen LogP contribution in [0.1, 0.15) is 58.9 Å². The van der Waals surface area contributed by atoms with Crippen molar-refractivity contribution in [1.82, 2.24) is 5.32 Å². The van der Waals surface area contributed by atoms with Crippen molar-refractivity contribution in [3.8, 4) is 5.75 Å². The number of alkyl carbamates (subject to hydrolysis) is 1. The van der Waals surface area contributed by atoms with Gasteiger partial charge in [-0.2, -0.15) is 0 Å². The monoisotopic (exact) mass is 547 g/mol. The van der Waals surface area contributed by atoms with E-state index >= 15 is 0 Å². The Balaban J connectivity index is 1.63. The number of benzene rings is 2. The first-order valence-corrected chi connectivity index (χ1v) is 14.7. The molecule has 1 heterocycles. The lowest BCUT2D eigenvalue weighted by atomic mass is 9.98. The lowest BCUT2D eigenvalue weighted by Crippen LogP contribution is -2.39. The maximum Gasteiger partial charge on any atom is 0.407 e. The number of sulfonamides is 1. The molecule has 9 nitrogen and oxygen atoms in total. The second-order valence-corrected chi connectivity index (χ2v) is 12.3. The number of phenols is 1. The molecule has 0 bridgehead atoms. The Morgan fingerprint density at radius 3 is 2.50 bits per heavy atom. The average molecular weight is 548 g/mol. The highest BCUT2D eigenvalue weighted by Crippen LogP contribution is 2.34. The Labute approximate surface area is 226 Å². The largest absolute Gasteiger partial charge is 0.506 e. The van der Waals surface area contributed by atoms with Gasteiger partial charge in [-0.15, -0.1) is 0 Å². The first-order valence-electron chi connectivity index (χ1n) is 13.2. The summed E-state index contributed by atoms with van der Waals surface area (Å²) < 4.78 is 39.3. The fourth-order valence-electron chi connectivity index (χ4n) is 4.51. The van der Waals surface area contributed by atoms with Crippen molar-refractivity contribution >= 4 is 27.5 Å². The van der Waals surface area contributed by atoms with E-state index in [9.17, 15) is 18.3 Å². The molecule has 38 heavy (non-hydrogen) atoms. The van der Waals surface area contributed by atoms with Gasteiger partial charge in [-0.05, 0) is 86.9 Å². The predicted molar refractivity (Wildman–Crippen MR) is 149 cm³/mol. The van der Waals surface area contributed by atoms with Gasteiger partial charge in [0, 0.05) is 24.9 Å². The Hall–Kier alpha value is -2.98. The molecule has 10 heteroatoms. The molecule has 0 saturated carbocycles. The number of rotatable bonds is 12. The molecule has 1 aliphatic rings. The van der Waals surface area contributed by atoms with Crippen LogP contribution < -0.4 is 15.4 Å². The molecular formula is C28H41N3O6S. The summed E-state index contributed by atoms with van der Waals surface area (Å²) in [5, 5.41) is 13.7. The third kappa shape index (κ3) is 7.54. The zero-order valence-corrected chi connectivity index (χ0v) is 23.6. The van der Waals surface area contributed by atoms with E-state index in [-0.39, 0.29) is 47.0 Å². The fourth-order valence-corrected chi connectivity index (χ4v) is 6.15. The van der Waals surface area contributed by atoms with Gasteiger partial charge in [0.25, 0.3) is 10.0 Å². The van der Waals surface area contributed by atoms with Gasteiger partial charge in [0.05, 0.1) is 10.6 Å². The molecule has 0 spiro atoms. The second-order valence-electron chi connectivity index (χ2n) is 10.5. The van der Waals surface area contributed by atoms with Crippen LogP contribution in [-0.2, 0) is 25.9 Å². The highest BCUT2D eigenvalue weighted by atomic mass is 32.2. The zero-order chi connectivity index (χ0) is 27.9. The van der Waals surface area contributed by atoms with E-state index in [1.165, 1.54) is 16.4 Å². The Morgan fingerprint density at radius 2 is 1.92 bits per heavy atom. The normalized spacial score (nSPS) is 18.3. The van der Waals surface area contributed by atoms with Crippen molar-refractivity contribution in [2.24, 2.45) is 5.92 Å². The average Bonchev–Trinajstić information content (AvgIpc) is 3.35. The molecule has 2 aromatic rings. The Kier molecular flexibility index (Phi) is 9.89. The minimum Gasteiger partial charge on any atom is -0.506 e. The number of aryl methyl sites for hydroxylation is 1. The highest BCUT2D eigenvalue weighted by Gasteiger charge is 2.35. The highest BCUT2D eigenvalue weighted by molar-refractivity contribution is 7.92. The topological polar surface area (TPSA) is 131 Å². The Bertz CT molecular complexity index is 1180. The van der Waals surface area contributed by atoms with Crippen LogP contribution in [0.3, 0.4) is 0 Å². The van der Waals surface area contributed by atoms with E-state index in [1.54, 1.807) is 30.3 Å². The van der Waals surface area contributed by atoms with Crippen molar-refractivity contribution in [3.63, 3.8) is 0 Å². The predicted octanol–water partition coefficient (Wildman–Crippen LogP) is 4.83. The van der Waals surface area contributed by atoms with E-state index in [0.717, 1.165) is 24.8 Å². The number of hydrogen-bond donors (Lipinski definition) is 3. The maximum absolute atomic E-state index is 13.4. The number of nitrogens with one attached hydrogen (secondary N) is 1. The summed E-state index contributed by atoms with van der Waals surface area (Å²) in [5.41, 5.74) is 6.86. The number of amides is 1. The molecule has 0 aromatic heterocycles. The molecule has 210 valence electrons. The van der Waals surface area contributed by atoms with Crippen LogP contribution in [0.4, 0.5) is 16.2 Å². The summed E-state index contributed by atoms with van der Waals surface area (Å²) in [5.74, 6) is -0.0969. The first kappa shape index (κ1) is 29.6. The number of nitrogens with zero attached hydrogens (tertiary/aromatic N) is 1. The van der Waals surface area contributed by atoms with E-state index in [4.69, 9.17) is 15.2 Å². The van der Waals surface area contributed by atoms with Crippen LogP contribution in [0.2, 0.25) is 0 Å². The number of aromatic hydroxyl groups is 1. The SMILES string of the molecule is CC[C@@]1(COC(=O)NC(C)CCc2ccc(N(CC(C)C)S(=O)(=O)c3ccc(N)cc3)c(O)c2)CCCO1. The quantitative estimate of drug-likeness (QED) is 0.324. The van der Waals surface area contributed by atoms with Crippen LogP contribution >= 0.6 is 0 Å². The van der Waals surface area contributed by atoms with Crippen molar-refractivity contribution in [1.29, 1.82) is 0 Å². The lowest BCUT2D eigenvalue weighted by Gasteiger charge is -2.27. The Morgan fingerprint density at radius 1 is 1.21 bits per heavy atom. The molecule has 0 aliphatic carbocycles. The van der Waals surface area contributed by atoms with Gasteiger partial charge < -0.3 is 25.6 Å². The number of carbonyl (C=O) groups excluding carboxylic acids is 1. The molecule has 1 unspecified atom stereocenters. The van der Waals surface area contributed by atoms with E-state index in [2.05, 4.69) is 5.32 Å². The second kappa shape index (κ2) is 12.7. The van der Waals surface area contributed by atoms with Crippen molar-refractivity contribution in [3.05, 3.63) is 48.0 Å². The smallest absolute Gasteiger partial charge is 0.407 e. The van der Waals surface area contributed by atoms with Crippen LogP contribution in [0, 0.1) is 5.92 Å². The minimum atomic E-state index is -3.91. The molecule has 1 aliphatic heterocycles. The van der Waals surface area contributed by atoms with Crippen molar-refractivity contribution in [2.75, 3.05) is 29.8 Å². The van der Waals surface area contributed by atoms with Gasteiger partial charge >= 0.3 is 6.09 Å². The minimum absolute atomic E-state index is 0.0248. The van der Waals surface area contributed by atoms with E-state index in [0.29, 0.717) is 25.1 Å². The number of nitrogens with two attached hydrogens (primary N) is 1. The summed E-state index contributed by atoms with van der Waals surface area (Å²) in [6, 6.07) is 10.9. The molecule has 1 saturated heterocycles. The molecule has 1 amide bonds. The van der Waals surface area contributed by atoms with Gasteiger partial charge in [-0.1, -0.05) is 26.8 Å². The molecule has 3 rings (SSSR count). The number of nitrogen functional groups attached to an aromatic ring is 1. The third-order valence-corrected chi connectivity index (χ3v) is 8.63. The van der Waals surface area contributed by atoms with Gasteiger partial charge in [0.2, 0.25) is 0 Å². The van der Waals surface area contributed by atoms with Crippen LogP contribution in [0.25, 0.3) is 0 Å². The zero-order valence-electron chi connectivity index (χ0n) is 22.8. The number of phenolic OH excluding ortho intramolecular Hbond substituents is 1. The molecule has 0 radical (unpaired) electrons. The molecule has 2 atom stereocenters. The molecule has 2 aromatic carbocycles. The molecule has 4 N–H and O–H groups in total. The number of anilines is 2. The third-order valence-electron chi connectivity index (χ3n) is 6.83. The van der Waals surface area contributed by atoms with Crippen LogP contribution in [0.5, 0.6) is 5.75 Å². The summed E-state index contributed by atoms with van der Waals surface area (Å²) >= 11 is 0. The van der Waals surface area contributed by atoms with Crippen molar-refractivity contribution in [2.45, 2.75) is 76.3 Å². The molecule has 1 fully saturated rings. The van der Waals surface area contributed by atoms with Crippen LogP contribution in [0.15, 0.2) is 47.4 Å². The first-order chi connectivity index (χ1) is 18.0. The van der Waals surface area contributed by atoms with Gasteiger partial charge in [0.1, 0.15) is 18.0 Å². The lowest BCUT2D eigenvalue weighted by molar-refractivity contribution is -0.0456. The van der Waals surface area contributed by atoms with Crippen molar-refractivity contribution < 1.29 is 27.8 Å². The fraction of sp³-hybridized carbons (Fsp3) is 0.536. The van der Waals surface area contributed by atoms with Gasteiger partial charge in [-0.3, -0.25) is 4.31 Å². The summed E-state index contributed by atoms with van der Waals surface area (Å²) in [6.07, 6.45) is 3.38. The van der Waals surface area contributed by atoms with Crippen LogP contribution in [-0.4, -0.2) is 51.0 Å².